The number of anilines is 1. The predicted octanol–water partition coefficient (Wildman–Crippen LogP) is 2.90. The van der Waals surface area contributed by atoms with Crippen LogP contribution in [0.4, 0.5) is 5.13 Å². The Hall–Kier alpha value is -1.03. The largest absolute Gasteiger partial charge is 0.359 e. The molecule has 0 bridgehead atoms. The van der Waals surface area contributed by atoms with Gasteiger partial charge in [-0.3, -0.25) is 0 Å². The quantitative estimate of drug-likeness (QED) is 0.760. The van der Waals surface area contributed by atoms with Gasteiger partial charge in [-0.1, -0.05) is 20.8 Å². The zero-order chi connectivity index (χ0) is 17.3. The molecule has 0 radical (unpaired) electrons. The van der Waals surface area contributed by atoms with E-state index < -0.39 is 10.0 Å². The number of rotatable bonds is 6. The van der Waals surface area contributed by atoms with E-state index in [1.54, 1.807) is 6.07 Å². The second-order valence-corrected chi connectivity index (χ2v) is 10.2. The second-order valence-electron chi connectivity index (χ2n) is 6.28. The van der Waals surface area contributed by atoms with Crippen LogP contribution in [0.15, 0.2) is 11.0 Å². The minimum atomic E-state index is -3.45. The van der Waals surface area contributed by atoms with Crippen LogP contribution in [0.1, 0.15) is 36.3 Å². The summed E-state index contributed by atoms with van der Waals surface area (Å²) in [5.41, 5.74) is -0.0909. The first-order valence-electron chi connectivity index (χ1n) is 7.24. The number of sulfonamides is 1. The fourth-order valence-electron chi connectivity index (χ4n) is 1.91. The Labute approximate surface area is 145 Å². The summed E-state index contributed by atoms with van der Waals surface area (Å²) in [5, 5.41) is 3.81. The van der Waals surface area contributed by atoms with E-state index in [9.17, 15) is 8.42 Å². The first kappa shape index (κ1) is 18.3. The fourth-order valence-corrected chi connectivity index (χ4v) is 5.27. The molecule has 0 atom stereocenters. The average Bonchev–Trinajstić information content (AvgIpc) is 3.01. The minimum Gasteiger partial charge on any atom is -0.359 e. The standard InChI is InChI=1S/C14H22N4O2S3/c1-9-8-11(10(2)21-9)23(19,20)16-7-6-15-13-17-12(18-22-13)14(3,4)5/h8,16H,6-7H2,1-5H3,(H,15,17,18). The number of nitrogens with one attached hydrogen (secondary N) is 2. The summed E-state index contributed by atoms with van der Waals surface area (Å²) in [6, 6.07) is 1.70. The average molecular weight is 375 g/mol. The summed E-state index contributed by atoms with van der Waals surface area (Å²) in [6.07, 6.45) is 0. The first-order chi connectivity index (χ1) is 10.6. The zero-order valence-corrected chi connectivity index (χ0v) is 16.4. The van der Waals surface area contributed by atoms with Crippen molar-refractivity contribution in [2.75, 3.05) is 18.4 Å². The third-order valence-corrected chi connectivity index (χ3v) is 6.43. The normalized spacial score (nSPS) is 12.6. The highest BCUT2D eigenvalue weighted by Crippen LogP contribution is 2.25. The monoisotopic (exact) mass is 374 g/mol. The molecule has 0 saturated carbocycles. The van der Waals surface area contributed by atoms with Crippen LogP contribution in [0, 0.1) is 13.8 Å². The lowest BCUT2D eigenvalue weighted by molar-refractivity contribution is 0.555. The van der Waals surface area contributed by atoms with Gasteiger partial charge in [0.15, 0.2) is 0 Å². The number of aromatic nitrogens is 2. The van der Waals surface area contributed by atoms with Crippen molar-refractivity contribution in [2.24, 2.45) is 0 Å². The van der Waals surface area contributed by atoms with Crippen LogP contribution in [0.2, 0.25) is 0 Å². The summed E-state index contributed by atoms with van der Waals surface area (Å²) >= 11 is 2.77. The molecular formula is C14H22N4O2S3. The van der Waals surface area contributed by atoms with E-state index >= 15 is 0 Å². The van der Waals surface area contributed by atoms with Crippen LogP contribution in [0.3, 0.4) is 0 Å². The molecule has 0 saturated heterocycles. The number of aryl methyl sites for hydroxylation is 2. The van der Waals surface area contributed by atoms with Crippen molar-refractivity contribution >= 4 is 38.0 Å². The highest BCUT2D eigenvalue weighted by atomic mass is 32.2. The number of thiophene rings is 1. The van der Waals surface area contributed by atoms with Crippen molar-refractivity contribution < 1.29 is 8.42 Å². The Morgan fingerprint density at radius 3 is 2.43 bits per heavy atom. The van der Waals surface area contributed by atoms with Gasteiger partial charge >= 0.3 is 0 Å². The molecule has 9 heteroatoms. The summed E-state index contributed by atoms with van der Waals surface area (Å²) in [4.78, 5) is 6.58. The van der Waals surface area contributed by atoms with Gasteiger partial charge in [0.1, 0.15) is 5.82 Å². The lowest BCUT2D eigenvalue weighted by Gasteiger charge is -2.12. The smallest absolute Gasteiger partial charge is 0.241 e. The Bertz CT molecular complexity index is 772. The molecule has 0 aliphatic carbocycles. The molecule has 2 aromatic rings. The predicted molar refractivity (Wildman–Crippen MR) is 96.1 cm³/mol. The molecule has 2 heterocycles. The minimum absolute atomic E-state index is 0.0909. The third-order valence-electron chi connectivity index (χ3n) is 3.08. The lowest BCUT2D eigenvalue weighted by Crippen LogP contribution is -2.29. The number of nitrogens with zero attached hydrogens (tertiary/aromatic N) is 2. The van der Waals surface area contributed by atoms with Crippen molar-refractivity contribution in [3.8, 4) is 0 Å². The van der Waals surface area contributed by atoms with E-state index in [2.05, 4.69) is 40.2 Å². The topological polar surface area (TPSA) is 84.0 Å². The molecule has 2 rings (SSSR count). The van der Waals surface area contributed by atoms with Crippen molar-refractivity contribution in [2.45, 2.75) is 44.9 Å². The maximum atomic E-state index is 12.3. The van der Waals surface area contributed by atoms with E-state index in [0.29, 0.717) is 23.1 Å². The summed E-state index contributed by atoms with van der Waals surface area (Å²) in [5.74, 6) is 0.787. The van der Waals surface area contributed by atoms with Crippen molar-refractivity contribution in [1.82, 2.24) is 14.1 Å². The number of hydrogen-bond donors (Lipinski definition) is 2. The molecule has 6 nitrogen and oxygen atoms in total. The molecule has 0 spiro atoms. The first-order valence-corrected chi connectivity index (χ1v) is 10.3. The molecule has 0 aromatic carbocycles. The molecular weight excluding hydrogens is 352 g/mol. The van der Waals surface area contributed by atoms with E-state index in [1.807, 2.05) is 13.8 Å². The molecule has 0 unspecified atom stereocenters. The van der Waals surface area contributed by atoms with Gasteiger partial charge < -0.3 is 5.32 Å². The van der Waals surface area contributed by atoms with Gasteiger partial charge in [0.2, 0.25) is 15.2 Å². The van der Waals surface area contributed by atoms with Gasteiger partial charge in [-0.05, 0) is 19.9 Å². The Morgan fingerprint density at radius 2 is 1.91 bits per heavy atom. The SMILES string of the molecule is Cc1cc(S(=O)(=O)NCCNc2nc(C(C)(C)C)ns2)c(C)s1. The maximum Gasteiger partial charge on any atom is 0.241 e. The summed E-state index contributed by atoms with van der Waals surface area (Å²) < 4.78 is 31.4. The van der Waals surface area contributed by atoms with Crippen LogP contribution in [-0.4, -0.2) is 30.9 Å². The van der Waals surface area contributed by atoms with Gasteiger partial charge in [-0.25, -0.2) is 18.1 Å². The van der Waals surface area contributed by atoms with Gasteiger partial charge in [-0.2, -0.15) is 4.37 Å². The fraction of sp³-hybridized carbons (Fsp3) is 0.571. The van der Waals surface area contributed by atoms with Crippen LogP contribution in [0.25, 0.3) is 0 Å². The van der Waals surface area contributed by atoms with Crippen LogP contribution < -0.4 is 10.0 Å². The van der Waals surface area contributed by atoms with Gasteiger partial charge in [0.25, 0.3) is 0 Å². The number of hydrogen-bond acceptors (Lipinski definition) is 7. The van der Waals surface area contributed by atoms with E-state index in [0.717, 1.165) is 15.6 Å². The van der Waals surface area contributed by atoms with Crippen LogP contribution in [0.5, 0.6) is 0 Å². The lowest BCUT2D eigenvalue weighted by atomic mass is 9.96. The Balaban J connectivity index is 1.88. The van der Waals surface area contributed by atoms with E-state index in [-0.39, 0.29) is 5.41 Å². The van der Waals surface area contributed by atoms with Crippen molar-refractivity contribution in [3.63, 3.8) is 0 Å². The van der Waals surface area contributed by atoms with E-state index in [1.165, 1.54) is 22.9 Å². The van der Waals surface area contributed by atoms with Gasteiger partial charge in [0.05, 0.1) is 4.90 Å². The molecule has 0 aliphatic heterocycles. The summed E-state index contributed by atoms with van der Waals surface area (Å²) in [7, 11) is -3.45. The molecule has 0 aliphatic rings. The molecule has 23 heavy (non-hydrogen) atoms. The van der Waals surface area contributed by atoms with Crippen LogP contribution >= 0.6 is 22.9 Å². The Morgan fingerprint density at radius 1 is 1.22 bits per heavy atom. The van der Waals surface area contributed by atoms with Gasteiger partial charge in [0, 0.05) is 39.8 Å². The van der Waals surface area contributed by atoms with E-state index in [4.69, 9.17) is 0 Å². The third kappa shape index (κ3) is 4.72. The van der Waals surface area contributed by atoms with Crippen molar-refractivity contribution in [3.05, 3.63) is 21.6 Å². The molecule has 128 valence electrons. The van der Waals surface area contributed by atoms with Gasteiger partial charge in [-0.15, -0.1) is 11.3 Å². The highest BCUT2D eigenvalue weighted by molar-refractivity contribution is 7.89. The molecule has 0 amide bonds. The molecule has 2 N–H and O–H groups in total. The Kier molecular flexibility index (Phi) is 5.44. The zero-order valence-electron chi connectivity index (χ0n) is 13.9. The summed E-state index contributed by atoms with van der Waals surface area (Å²) in [6.45, 7) is 10.6. The molecule has 2 aromatic heterocycles. The van der Waals surface area contributed by atoms with Crippen molar-refractivity contribution in [1.29, 1.82) is 0 Å². The maximum absolute atomic E-state index is 12.3. The van der Waals surface area contributed by atoms with Crippen LogP contribution in [-0.2, 0) is 15.4 Å². The molecule has 0 fully saturated rings. The highest BCUT2D eigenvalue weighted by Gasteiger charge is 2.20. The second kappa shape index (κ2) is 6.84.